The SMILES string of the molecule is Cc1ccc(C(=O)N2c3ccccc3CC2C)cc1S(=O)(=O)N1CCOCC1. The Morgan fingerprint density at radius 1 is 1.11 bits per heavy atom. The van der Waals surface area contributed by atoms with E-state index >= 15 is 0 Å². The number of anilines is 1. The van der Waals surface area contributed by atoms with E-state index in [1.165, 1.54) is 10.4 Å². The second-order valence-corrected chi connectivity index (χ2v) is 9.26. The van der Waals surface area contributed by atoms with Crippen molar-refractivity contribution >= 4 is 21.6 Å². The van der Waals surface area contributed by atoms with E-state index in [2.05, 4.69) is 0 Å². The van der Waals surface area contributed by atoms with Gasteiger partial charge in [0.2, 0.25) is 10.0 Å². The molecule has 2 heterocycles. The highest BCUT2D eigenvalue weighted by molar-refractivity contribution is 7.89. The number of rotatable bonds is 3. The number of ether oxygens (including phenoxy) is 1. The molecule has 148 valence electrons. The lowest BCUT2D eigenvalue weighted by atomic mass is 10.1. The molecule has 0 spiro atoms. The maximum atomic E-state index is 13.3. The van der Waals surface area contributed by atoms with Crippen molar-refractivity contribution in [1.29, 1.82) is 0 Å². The van der Waals surface area contributed by atoms with Crippen molar-refractivity contribution in [2.24, 2.45) is 0 Å². The van der Waals surface area contributed by atoms with E-state index in [-0.39, 0.29) is 16.8 Å². The summed E-state index contributed by atoms with van der Waals surface area (Å²) < 4.78 is 32.9. The monoisotopic (exact) mass is 400 g/mol. The molecule has 6 nitrogen and oxygen atoms in total. The summed E-state index contributed by atoms with van der Waals surface area (Å²) in [5, 5.41) is 0. The number of amides is 1. The number of sulfonamides is 1. The highest BCUT2D eigenvalue weighted by Gasteiger charge is 2.33. The molecule has 2 aliphatic rings. The Kier molecular flexibility index (Phi) is 4.99. The highest BCUT2D eigenvalue weighted by atomic mass is 32.2. The summed E-state index contributed by atoms with van der Waals surface area (Å²) in [6, 6.07) is 12.8. The van der Waals surface area contributed by atoms with Crippen LogP contribution in [0.25, 0.3) is 0 Å². The molecule has 0 aliphatic carbocycles. The lowest BCUT2D eigenvalue weighted by Gasteiger charge is -2.27. The topological polar surface area (TPSA) is 66.9 Å². The predicted octanol–water partition coefficient (Wildman–Crippen LogP) is 2.61. The molecule has 1 fully saturated rings. The molecule has 2 aromatic carbocycles. The van der Waals surface area contributed by atoms with Crippen molar-refractivity contribution in [1.82, 2.24) is 4.31 Å². The molecule has 2 aliphatic heterocycles. The normalized spacial score (nSPS) is 20.2. The van der Waals surface area contributed by atoms with Crippen LogP contribution in [0.1, 0.15) is 28.4 Å². The Morgan fingerprint density at radius 3 is 2.57 bits per heavy atom. The number of nitrogens with zero attached hydrogens (tertiary/aromatic N) is 2. The van der Waals surface area contributed by atoms with Crippen molar-refractivity contribution in [2.45, 2.75) is 31.2 Å². The van der Waals surface area contributed by atoms with Gasteiger partial charge in [-0.25, -0.2) is 8.42 Å². The van der Waals surface area contributed by atoms with Crippen LogP contribution in [0, 0.1) is 6.92 Å². The summed E-state index contributed by atoms with van der Waals surface area (Å²) in [4.78, 5) is 15.2. The Bertz CT molecular complexity index is 1010. The van der Waals surface area contributed by atoms with Gasteiger partial charge in [-0.3, -0.25) is 4.79 Å². The molecule has 0 bridgehead atoms. The van der Waals surface area contributed by atoms with Crippen molar-refractivity contribution in [3.8, 4) is 0 Å². The van der Waals surface area contributed by atoms with E-state index < -0.39 is 10.0 Å². The average molecular weight is 401 g/mol. The fraction of sp³-hybridized carbons (Fsp3) is 0.381. The Hall–Kier alpha value is -2.22. The van der Waals surface area contributed by atoms with E-state index in [9.17, 15) is 13.2 Å². The number of morpholine rings is 1. The van der Waals surface area contributed by atoms with Gasteiger partial charge in [0.15, 0.2) is 0 Å². The maximum absolute atomic E-state index is 13.3. The van der Waals surface area contributed by atoms with Crippen molar-refractivity contribution < 1.29 is 17.9 Å². The summed E-state index contributed by atoms with van der Waals surface area (Å²) in [5.41, 5.74) is 3.06. The molecule has 1 saturated heterocycles. The molecule has 1 amide bonds. The number of carbonyl (C=O) groups excluding carboxylic acids is 1. The Morgan fingerprint density at radius 2 is 1.82 bits per heavy atom. The zero-order chi connectivity index (χ0) is 19.9. The summed E-state index contributed by atoms with van der Waals surface area (Å²) >= 11 is 0. The number of aryl methyl sites for hydroxylation is 1. The smallest absolute Gasteiger partial charge is 0.258 e. The van der Waals surface area contributed by atoms with Crippen LogP contribution in [0.2, 0.25) is 0 Å². The highest BCUT2D eigenvalue weighted by Crippen LogP contribution is 2.33. The van der Waals surface area contributed by atoms with E-state index in [0.717, 1.165) is 17.7 Å². The first-order valence-corrected chi connectivity index (χ1v) is 10.9. The standard InChI is InChI=1S/C21H24N2O4S/c1-15-7-8-18(14-20(15)28(25,26)22-9-11-27-12-10-22)21(24)23-16(2)13-17-5-3-4-6-19(17)23/h3-8,14,16H,9-13H2,1-2H3. The first-order valence-electron chi connectivity index (χ1n) is 9.49. The van der Waals surface area contributed by atoms with E-state index in [1.54, 1.807) is 24.0 Å². The first-order chi connectivity index (χ1) is 13.4. The summed E-state index contributed by atoms with van der Waals surface area (Å²) in [5.74, 6) is -0.170. The summed E-state index contributed by atoms with van der Waals surface area (Å²) in [7, 11) is -3.66. The van der Waals surface area contributed by atoms with Crippen molar-refractivity contribution in [3.05, 3.63) is 59.2 Å². The van der Waals surface area contributed by atoms with Gasteiger partial charge < -0.3 is 9.64 Å². The minimum Gasteiger partial charge on any atom is -0.379 e. The molecule has 0 saturated carbocycles. The second kappa shape index (κ2) is 7.31. The minimum atomic E-state index is -3.66. The van der Waals surface area contributed by atoms with Gasteiger partial charge in [-0.1, -0.05) is 24.3 Å². The van der Waals surface area contributed by atoms with Crippen LogP contribution in [0.3, 0.4) is 0 Å². The van der Waals surface area contributed by atoms with Gasteiger partial charge in [-0.05, 0) is 49.6 Å². The van der Waals surface area contributed by atoms with Gasteiger partial charge in [0.25, 0.3) is 5.91 Å². The molecule has 1 atom stereocenters. The minimum absolute atomic E-state index is 0.0329. The largest absolute Gasteiger partial charge is 0.379 e. The van der Waals surface area contributed by atoms with Crippen molar-refractivity contribution in [2.75, 3.05) is 31.2 Å². The van der Waals surface area contributed by atoms with Crippen LogP contribution in [0.4, 0.5) is 5.69 Å². The molecule has 0 N–H and O–H groups in total. The maximum Gasteiger partial charge on any atom is 0.258 e. The fourth-order valence-electron chi connectivity index (χ4n) is 3.95. The molecule has 1 unspecified atom stereocenters. The van der Waals surface area contributed by atoms with E-state index in [4.69, 9.17) is 4.74 Å². The number of carbonyl (C=O) groups is 1. The average Bonchev–Trinajstić information content (AvgIpc) is 3.04. The zero-order valence-corrected chi connectivity index (χ0v) is 16.9. The molecule has 2 aromatic rings. The molecule has 0 radical (unpaired) electrons. The van der Waals surface area contributed by atoms with Crippen LogP contribution in [-0.2, 0) is 21.2 Å². The fourth-order valence-corrected chi connectivity index (χ4v) is 5.61. The first kappa shape index (κ1) is 19.1. The molecule has 7 heteroatoms. The molecular weight excluding hydrogens is 376 g/mol. The Labute approximate surface area is 165 Å². The predicted molar refractivity (Wildman–Crippen MR) is 107 cm³/mol. The van der Waals surface area contributed by atoms with Gasteiger partial charge in [-0.15, -0.1) is 0 Å². The number of para-hydroxylation sites is 1. The number of fused-ring (bicyclic) bond motifs is 1. The molecule has 0 aromatic heterocycles. The van der Waals surface area contributed by atoms with Gasteiger partial charge in [-0.2, -0.15) is 4.31 Å². The molecule has 28 heavy (non-hydrogen) atoms. The number of benzene rings is 2. The zero-order valence-electron chi connectivity index (χ0n) is 16.1. The summed E-state index contributed by atoms with van der Waals surface area (Å²) in [6.45, 7) is 5.21. The van der Waals surface area contributed by atoms with Gasteiger partial charge in [0, 0.05) is 30.4 Å². The van der Waals surface area contributed by atoms with Crippen LogP contribution < -0.4 is 4.90 Å². The number of hydrogen-bond acceptors (Lipinski definition) is 4. The quantitative estimate of drug-likeness (QED) is 0.794. The van der Waals surface area contributed by atoms with Gasteiger partial charge in [0.1, 0.15) is 0 Å². The third-order valence-corrected chi connectivity index (χ3v) is 7.49. The van der Waals surface area contributed by atoms with Gasteiger partial charge >= 0.3 is 0 Å². The van der Waals surface area contributed by atoms with Crippen LogP contribution in [0.15, 0.2) is 47.4 Å². The number of hydrogen-bond donors (Lipinski definition) is 0. The Balaban J connectivity index is 1.70. The lowest BCUT2D eigenvalue weighted by Crippen LogP contribution is -2.41. The summed E-state index contributed by atoms with van der Waals surface area (Å²) in [6.07, 6.45) is 0.798. The second-order valence-electron chi connectivity index (χ2n) is 7.35. The van der Waals surface area contributed by atoms with Crippen LogP contribution in [0.5, 0.6) is 0 Å². The third kappa shape index (κ3) is 3.23. The molecular formula is C21H24N2O4S. The van der Waals surface area contributed by atoms with Crippen LogP contribution in [-0.4, -0.2) is 51.0 Å². The van der Waals surface area contributed by atoms with Crippen LogP contribution >= 0.6 is 0 Å². The van der Waals surface area contributed by atoms with Gasteiger partial charge in [0.05, 0.1) is 18.1 Å². The lowest BCUT2D eigenvalue weighted by molar-refractivity contribution is 0.0730. The van der Waals surface area contributed by atoms with E-state index in [0.29, 0.717) is 37.4 Å². The van der Waals surface area contributed by atoms with E-state index in [1.807, 2.05) is 31.2 Å². The van der Waals surface area contributed by atoms with Crippen molar-refractivity contribution in [3.63, 3.8) is 0 Å². The third-order valence-electron chi connectivity index (χ3n) is 5.45. The molecule has 4 rings (SSSR count).